The summed E-state index contributed by atoms with van der Waals surface area (Å²) in [6.07, 6.45) is 4.09. The number of rotatable bonds is 8. The molecular formula is C19H28FN3O2. The summed E-state index contributed by atoms with van der Waals surface area (Å²) in [5.74, 6) is -0.260. The Hall–Kier alpha value is -2.11. The first-order valence-corrected chi connectivity index (χ1v) is 9.15. The minimum absolute atomic E-state index is 0.00426. The van der Waals surface area contributed by atoms with Gasteiger partial charge in [0, 0.05) is 44.2 Å². The van der Waals surface area contributed by atoms with Crippen molar-refractivity contribution in [1.82, 2.24) is 10.6 Å². The second-order valence-corrected chi connectivity index (χ2v) is 6.54. The lowest BCUT2D eigenvalue weighted by Gasteiger charge is -2.34. The molecule has 1 heterocycles. The molecule has 0 bridgehead atoms. The van der Waals surface area contributed by atoms with Crippen LogP contribution in [0.4, 0.5) is 10.1 Å². The number of carbonyl (C=O) groups is 2. The first-order chi connectivity index (χ1) is 12.1. The van der Waals surface area contributed by atoms with Crippen molar-refractivity contribution in [3.8, 4) is 0 Å². The van der Waals surface area contributed by atoms with Gasteiger partial charge in [-0.2, -0.15) is 0 Å². The maximum absolute atomic E-state index is 13.4. The zero-order valence-corrected chi connectivity index (χ0v) is 14.9. The number of hydrogen-bond donors (Lipinski definition) is 2. The topological polar surface area (TPSA) is 61.4 Å². The van der Waals surface area contributed by atoms with Crippen molar-refractivity contribution in [3.63, 3.8) is 0 Å². The number of nitrogens with zero attached hydrogens (tertiary/aromatic N) is 1. The molecule has 25 heavy (non-hydrogen) atoms. The van der Waals surface area contributed by atoms with E-state index in [2.05, 4.69) is 15.5 Å². The molecule has 0 aromatic heterocycles. The Morgan fingerprint density at radius 1 is 1.28 bits per heavy atom. The molecule has 1 aliphatic rings. The largest absolute Gasteiger partial charge is 0.369 e. The van der Waals surface area contributed by atoms with Crippen molar-refractivity contribution in [3.05, 3.63) is 30.1 Å². The Balaban J connectivity index is 1.72. The Labute approximate surface area is 149 Å². The van der Waals surface area contributed by atoms with Gasteiger partial charge in [0.25, 0.3) is 0 Å². The van der Waals surface area contributed by atoms with Crippen LogP contribution in [0.25, 0.3) is 0 Å². The summed E-state index contributed by atoms with van der Waals surface area (Å²) < 4.78 is 13.4. The fraction of sp³-hybridized carbons (Fsp3) is 0.579. The van der Waals surface area contributed by atoms with Crippen LogP contribution >= 0.6 is 0 Å². The summed E-state index contributed by atoms with van der Waals surface area (Å²) in [6, 6.07) is 6.62. The van der Waals surface area contributed by atoms with Crippen molar-refractivity contribution in [2.24, 2.45) is 0 Å². The quantitative estimate of drug-likeness (QED) is 0.758. The normalized spacial score (nSPS) is 17.2. The third-order valence-corrected chi connectivity index (χ3v) is 4.34. The summed E-state index contributed by atoms with van der Waals surface area (Å²) in [5, 5.41) is 5.85. The molecule has 1 aliphatic heterocycles. The highest BCUT2D eigenvalue weighted by atomic mass is 19.1. The lowest BCUT2D eigenvalue weighted by molar-refractivity contribution is -0.122. The van der Waals surface area contributed by atoms with Crippen LogP contribution in [0.3, 0.4) is 0 Å². The SMILES string of the molecule is CCCNC(=O)CCCC(=O)N[C@@H]1CCCN(c2cccc(F)c2)C1. The number of benzene rings is 1. The number of carbonyl (C=O) groups excluding carboxylic acids is 2. The lowest BCUT2D eigenvalue weighted by Crippen LogP contribution is -2.47. The molecule has 2 rings (SSSR count). The highest BCUT2D eigenvalue weighted by molar-refractivity contribution is 5.79. The van der Waals surface area contributed by atoms with Gasteiger partial charge in [0.1, 0.15) is 5.82 Å². The van der Waals surface area contributed by atoms with Gasteiger partial charge in [-0.25, -0.2) is 4.39 Å². The van der Waals surface area contributed by atoms with Crippen molar-refractivity contribution in [2.45, 2.75) is 51.5 Å². The number of piperidine rings is 1. The van der Waals surface area contributed by atoms with Crippen LogP contribution in [-0.2, 0) is 9.59 Å². The molecule has 2 N–H and O–H groups in total. The summed E-state index contributed by atoms with van der Waals surface area (Å²) in [5.41, 5.74) is 0.853. The Kier molecular flexibility index (Phi) is 7.70. The molecule has 1 fully saturated rings. The van der Waals surface area contributed by atoms with Crippen molar-refractivity contribution in [2.75, 3.05) is 24.5 Å². The van der Waals surface area contributed by atoms with Crippen LogP contribution in [0.2, 0.25) is 0 Å². The van der Waals surface area contributed by atoms with Crippen molar-refractivity contribution in [1.29, 1.82) is 0 Å². The molecule has 138 valence electrons. The van der Waals surface area contributed by atoms with E-state index in [9.17, 15) is 14.0 Å². The monoisotopic (exact) mass is 349 g/mol. The molecule has 2 amide bonds. The minimum Gasteiger partial charge on any atom is -0.369 e. The van der Waals surface area contributed by atoms with Gasteiger partial charge < -0.3 is 15.5 Å². The average molecular weight is 349 g/mol. The fourth-order valence-corrected chi connectivity index (χ4v) is 3.06. The van der Waals surface area contributed by atoms with Crippen LogP contribution in [0, 0.1) is 5.82 Å². The Morgan fingerprint density at radius 3 is 2.84 bits per heavy atom. The number of hydrogen-bond acceptors (Lipinski definition) is 3. The fourth-order valence-electron chi connectivity index (χ4n) is 3.06. The smallest absolute Gasteiger partial charge is 0.220 e. The molecule has 1 aromatic rings. The number of anilines is 1. The van der Waals surface area contributed by atoms with E-state index in [0.717, 1.165) is 31.5 Å². The van der Waals surface area contributed by atoms with E-state index in [-0.39, 0.29) is 23.7 Å². The van der Waals surface area contributed by atoms with Crippen LogP contribution < -0.4 is 15.5 Å². The van der Waals surface area contributed by atoms with Gasteiger partial charge in [-0.3, -0.25) is 9.59 Å². The summed E-state index contributed by atoms with van der Waals surface area (Å²) in [6.45, 7) is 4.24. The maximum atomic E-state index is 13.4. The standard InChI is InChI=1S/C19H28FN3O2/c1-2-11-21-18(24)9-4-10-19(25)22-16-7-5-12-23(14-16)17-8-3-6-15(20)13-17/h3,6,8,13,16H,2,4-5,7,9-12,14H2,1H3,(H,21,24)(H,22,25)/t16-/m1/s1. The third-order valence-electron chi connectivity index (χ3n) is 4.34. The van der Waals surface area contributed by atoms with Gasteiger partial charge in [0.05, 0.1) is 0 Å². The van der Waals surface area contributed by atoms with Gasteiger partial charge in [-0.05, 0) is 43.9 Å². The Morgan fingerprint density at radius 2 is 2.08 bits per heavy atom. The molecule has 1 aromatic carbocycles. The molecule has 1 atom stereocenters. The highest BCUT2D eigenvalue weighted by Crippen LogP contribution is 2.20. The second-order valence-electron chi connectivity index (χ2n) is 6.54. The minimum atomic E-state index is -0.245. The lowest BCUT2D eigenvalue weighted by atomic mass is 10.0. The summed E-state index contributed by atoms with van der Waals surface area (Å²) in [4.78, 5) is 25.7. The average Bonchev–Trinajstić information content (AvgIpc) is 2.60. The molecule has 5 nitrogen and oxygen atoms in total. The van der Waals surface area contributed by atoms with Gasteiger partial charge in [0.2, 0.25) is 11.8 Å². The third kappa shape index (κ3) is 6.72. The van der Waals surface area contributed by atoms with Crippen molar-refractivity contribution >= 4 is 17.5 Å². The molecule has 6 heteroatoms. The molecule has 0 radical (unpaired) electrons. The van der Waals surface area contributed by atoms with E-state index in [1.54, 1.807) is 6.07 Å². The Bertz CT molecular complexity index is 580. The van der Waals surface area contributed by atoms with Gasteiger partial charge >= 0.3 is 0 Å². The summed E-state index contributed by atoms with van der Waals surface area (Å²) >= 11 is 0. The van der Waals surface area contributed by atoms with Gasteiger partial charge in [-0.1, -0.05) is 13.0 Å². The number of nitrogens with one attached hydrogen (secondary N) is 2. The van der Waals surface area contributed by atoms with Crippen molar-refractivity contribution < 1.29 is 14.0 Å². The van der Waals surface area contributed by atoms with Crippen LogP contribution in [-0.4, -0.2) is 37.5 Å². The number of amides is 2. The molecular weight excluding hydrogens is 321 g/mol. The van der Waals surface area contributed by atoms with E-state index >= 15 is 0 Å². The van der Waals surface area contributed by atoms with E-state index in [0.29, 0.717) is 32.4 Å². The van der Waals surface area contributed by atoms with E-state index < -0.39 is 0 Å². The first kappa shape index (κ1) is 19.2. The zero-order chi connectivity index (χ0) is 18.1. The van der Waals surface area contributed by atoms with E-state index in [1.807, 2.05) is 13.0 Å². The van der Waals surface area contributed by atoms with Crippen LogP contribution in [0.1, 0.15) is 45.4 Å². The second kappa shape index (κ2) is 10.0. The van der Waals surface area contributed by atoms with Crippen LogP contribution in [0.5, 0.6) is 0 Å². The predicted molar refractivity (Wildman–Crippen MR) is 96.9 cm³/mol. The zero-order valence-electron chi connectivity index (χ0n) is 14.9. The highest BCUT2D eigenvalue weighted by Gasteiger charge is 2.21. The maximum Gasteiger partial charge on any atom is 0.220 e. The van der Waals surface area contributed by atoms with Gasteiger partial charge in [-0.15, -0.1) is 0 Å². The van der Waals surface area contributed by atoms with Crippen LogP contribution in [0.15, 0.2) is 24.3 Å². The van der Waals surface area contributed by atoms with E-state index in [4.69, 9.17) is 0 Å². The summed E-state index contributed by atoms with van der Waals surface area (Å²) in [7, 11) is 0. The van der Waals surface area contributed by atoms with Gasteiger partial charge in [0.15, 0.2) is 0 Å². The van der Waals surface area contributed by atoms with E-state index in [1.165, 1.54) is 12.1 Å². The molecule has 0 unspecified atom stereocenters. The first-order valence-electron chi connectivity index (χ1n) is 9.15. The predicted octanol–water partition coefficient (Wildman–Crippen LogP) is 2.61. The molecule has 0 aliphatic carbocycles. The number of halogens is 1. The molecule has 0 saturated carbocycles. The molecule has 1 saturated heterocycles. The molecule has 0 spiro atoms.